The standard InChI is InChI=1S/C14H17FN4/c1-3-19(13-6-4-5-11(15)7-13)14-10-17-9-12(18-14)8-16-2/h4-7,9-10,16H,3,8H2,1-2H3. The Morgan fingerprint density at radius 1 is 1.32 bits per heavy atom. The van der Waals surface area contributed by atoms with Gasteiger partial charge in [-0.1, -0.05) is 6.07 Å². The number of anilines is 2. The Bertz CT molecular complexity index is 544. The molecule has 0 saturated carbocycles. The maximum absolute atomic E-state index is 13.3. The average molecular weight is 260 g/mol. The topological polar surface area (TPSA) is 41.1 Å². The third-order valence-corrected chi connectivity index (χ3v) is 2.74. The summed E-state index contributed by atoms with van der Waals surface area (Å²) in [7, 11) is 1.86. The van der Waals surface area contributed by atoms with E-state index in [0.717, 1.165) is 17.2 Å². The number of hydrogen-bond donors (Lipinski definition) is 1. The van der Waals surface area contributed by atoms with Crippen LogP contribution in [0.4, 0.5) is 15.9 Å². The molecule has 0 radical (unpaired) electrons. The molecular formula is C14H17FN4. The van der Waals surface area contributed by atoms with Gasteiger partial charge in [-0.3, -0.25) is 4.98 Å². The zero-order chi connectivity index (χ0) is 13.7. The molecule has 1 aromatic heterocycles. The van der Waals surface area contributed by atoms with Gasteiger partial charge in [0.1, 0.15) is 5.82 Å². The first-order chi connectivity index (χ1) is 9.24. The van der Waals surface area contributed by atoms with E-state index >= 15 is 0 Å². The largest absolute Gasteiger partial charge is 0.325 e. The van der Waals surface area contributed by atoms with Gasteiger partial charge in [0.15, 0.2) is 5.82 Å². The minimum absolute atomic E-state index is 0.254. The minimum atomic E-state index is -0.254. The summed E-state index contributed by atoms with van der Waals surface area (Å²) in [4.78, 5) is 10.6. The van der Waals surface area contributed by atoms with Crippen LogP contribution in [-0.4, -0.2) is 23.6 Å². The molecular weight excluding hydrogens is 243 g/mol. The Balaban J connectivity index is 2.33. The van der Waals surface area contributed by atoms with E-state index < -0.39 is 0 Å². The maximum atomic E-state index is 13.3. The van der Waals surface area contributed by atoms with Crippen LogP contribution in [0.5, 0.6) is 0 Å². The van der Waals surface area contributed by atoms with Crippen LogP contribution in [0.25, 0.3) is 0 Å². The third kappa shape index (κ3) is 3.26. The lowest BCUT2D eigenvalue weighted by Crippen LogP contribution is -2.19. The van der Waals surface area contributed by atoms with Crippen molar-refractivity contribution < 1.29 is 4.39 Å². The second kappa shape index (κ2) is 6.24. The molecule has 0 unspecified atom stereocenters. The summed E-state index contributed by atoms with van der Waals surface area (Å²) in [6, 6.07) is 6.48. The molecule has 0 aliphatic rings. The van der Waals surface area contributed by atoms with Crippen molar-refractivity contribution in [1.29, 1.82) is 0 Å². The molecule has 100 valence electrons. The van der Waals surface area contributed by atoms with Crippen LogP contribution in [0.1, 0.15) is 12.6 Å². The van der Waals surface area contributed by atoms with Crippen LogP contribution in [0, 0.1) is 5.82 Å². The monoisotopic (exact) mass is 260 g/mol. The maximum Gasteiger partial charge on any atom is 0.151 e. The molecule has 0 aliphatic heterocycles. The van der Waals surface area contributed by atoms with Gasteiger partial charge < -0.3 is 10.2 Å². The fraction of sp³-hybridized carbons (Fsp3) is 0.286. The van der Waals surface area contributed by atoms with Gasteiger partial charge in [-0.15, -0.1) is 0 Å². The Labute approximate surface area is 112 Å². The van der Waals surface area contributed by atoms with Gasteiger partial charge >= 0.3 is 0 Å². The average Bonchev–Trinajstić information content (AvgIpc) is 2.41. The first kappa shape index (κ1) is 13.4. The second-order valence-electron chi connectivity index (χ2n) is 4.12. The Hall–Kier alpha value is -2.01. The van der Waals surface area contributed by atoms with Crippen molar-refractivity contribution in [2.45, 2.75) is 13.5 Å². The lowest BCUT2D eigenvalue weighted by atomic mass is 10.2. The number of benzene rings is 1. The molecule has 1 heterocycles. The highest BCUT2D eigenvalue weighted by Crippen LogP contribution is 2.23. The summed E-state index contributed by atoms with van der Waals surface area (Å²) in [5.74, 6) is 0.469. The molecule has 5 heteroatoms. The summed E-state index contributed by atoms with van der Waals surface area (Å²) in [5, 5.41) is 3.04. The van der Waals surface area contributed by atoms with Gasteiger partial charge in [-0.05, 0) is 32.2 Å². The Kier molecular flexibility index (Phi) is 4.41. The van der Waals surface area contributed by atoms with E-state index in [4.69, 9.17) is 0 Å². The number of nitrogens with one attached hydrogen (secondary N) is 1. The van der Waals surface area contributed by atoms with Crippen LogP contribution >= 0.6 is 0 Å². The van der Waals surface area contributed by atoms with Gasteiger partial charge in [0.05, 0.1) is 11.9 Å². The number of nitrogens with zero attached hydrogens (tertiary/aromatic N) is 3. The smallest absolute Gasteiger partial charge is 0.151 e. The summed E-state index contributed by atoms with van der Waals surface area (Å²) in [6.07, 6.45) is 3.41. The molecule has 0 spiro atoms. The summed E-state index contributed by atoms with van der Waals surface area (Å²) < 4.78 is 13.3. The van der Waals surface area contributed by atoms with Gasteiger partial charge in [0.25, 0.3) is 0 Å². The predicted octanol–water partition coefficient (Wildman–Crippen LogP) is 2.49. The third-order valence-electron chi connectivity index (χ3n) is 2.74. The zero-order valence-corrected chi connectivity index (χ0v) is 11.1. The fourth-order valence-corrected chi connectivity index (χ4v) is 1.91. The molecule has 0 atom stereocenters. The Morgan fingerprint density at radius 3 is 2.84 bits per heavy atom. The lowest BCUT2D eigenvalue weighted by Gasteiger charge is -2.22. The van der Waals surface area contributed by atoms with Crippen molar-refractivity contribution in [3.8, 4) is 0 Å². The highest BCUT2D eigenvalue weighted by Gasteiger charge is 2.10. The molecule has 2 rings (SSSR count). The number of hydrogen-bond acceptors (Lipinski definition) is 4. The summed E-state index contributed by atoms with van der Waals surface area (Å²) >= 11 is 0. The molecule has 0 saturated heterocycles. The van der Waals surface area contributed by atoms with Gasteiger partial charge in [0, 0.05) is 25.0 Å². The quantitative estimate of drug-likeness (QED) is 0.896. The van der Waals surface area contributed by atoms with Gasteiger partial charge in [-0.25, -0.2) is 9.37 Å². The molecule has 2 aromatic rings. The highest BCUT2D eigenvalue weighted by atomic mass is 19.1. The van der Waals surface area contributed by atoms with E-state index in [0.29, 0.717) is 13.1 Å². The molecule has 1 aromatic carbocycles. The number of rotatable bonds is 5. The van der Waals surface area contributed by atoms with Gasteiger partial charge in [0.2, 0.25) is 0 Å². The number of halogens is 1. The normalized spacial score (nSPS) is 10.5. The van der Waals surface area contributed by atoms with Crippen molar-refractivity contribution in [2.24, 2.45) is 0 Å². The second-order valence-corrected chi connectivity index (χ2v) is 4.12. The molecule has 0 bridgehead atoms. The van der Waals surface area contributed by atoms with Crippen LogP contribution in [0.3, 0.4) is 0 Å². The number of aromatic nitrogens is 2. The van der Waals surface area contributed by atoms with Crippen LogP contribution < -0.4 is 10.2 Å². The SMILES string of the molecule is CCN(c1cccc(F)c1)c1cncc(CNC)n1. The van der Waals surface area contributed by atoms with E-state index in [1.165, 1.54) is 12.1 Å². The molecule has 19 heavy (non-hydrogen) atoms. The molecule has 0 amide bonds. The van der Waals surface area contributed by atoms with Crippen molar-refractivity contribution >= 4 is 11.5 Å². The highest BCUT2D eigenvalue weighted by molar-refractivity contribution is 5.59. The van der Waals surface area contributed by atoms with E-state index in [1.54, 1.807) is 18.5 Å². The minimum Gasteiger partial charge on any atom is -0.325 e. The van der Waals surface area contributed by atoms with E-state index in [9.17, 15) is 4.39 Å². The van der Waals surface area contributed by atoms with Gasteiger partial charge in [-0.2, -0.15) is 0 Å². The Morgan fingerprint density at radius 2 is 2.16 bits per heavy atom. The summed E-state index contributed by atoms with van der Waals surface area (Å²) in [5.41, 5.74) is 1.63. The lowest BCUT2D eigenvalue weighted by molar-refractivity contribution is 0.627. The summed E-state index contributed by atoms with van der Waals surface area (Å²) in [6.45, 7) is 3.35. The zero-order valence-electron chi connectivity index (χ0n) is 11.1. The van der Waals surface area contributed by atoms with E-state index in [2.05, 4.69) is 15.3 Å². The van der Waals surface area contributed by atoms with Crippen LogP contribution in [0.2, 0.25) is 0 Å². The van der Waals surface area contributed by atoms with E-state index in [1.807, 2.05) is 24.9 Å². The van der Waals surface area contributed by atoms with Crippen molar-refractivity contribution in [1.82, 2.24) is 15.3 Å². The fourth-order valence-electron chi connectivity index (χ4n) is 1.91. The molecule has 0 fully saturated rings. The predicted molar refractivity (Wildman–Crippen MR) is 73.9 cm³/mol. The molecule has 4 nitrogen and oxygen atoms in total. The molecule has 1 N–H and O–H groups in total. The molecule has 0 aliphatic carbocycles. The van der Waals surface area contributed by atoms with Crippen molar-refractivity contribution in [3.63, 3.8) is 0 Å². The van der Waals surface area contributed by atoms with Crippen LogP contribution in [-0.2, 0) is 6.54 Å². The van der Waals surface area contributed by atoms with E-state index in [-0.39, 0.29) is 5.82 Å². The van der Waals surface area contributed by atoms with Crippen LogP contribution in [0.15, 0.2) is 36.7 Å². The first-order valence-electron chi connectivity index (χ1n) is 6.23. The van der Waals surface area contributed by atoms with Crippen molar-refractivity contribution in [3.05, 3.63) is 48.2 Å². The first-order valence-corrected chi connectivity index (χ1v) is 6.23. The van der Waals surface area contributed by atoms with Crippen molar-refractivity contribution in [2.75, 3.05) is 18.5 Å².